The van der Waals surface area contributed by atoms with E-state index in [2.05, 4.69) is 5.32 Å². The fraction of sp³-hybridized carbons (Fsp3) is 0.267. The Balaban J connectivity index is 1.83. The molecule has 0 aliphatic carbocycles. The van der Waals surface area contributed by atoms with Gasteiger partial charge in [0.05, 0.1) is 5.03 Å². The van der Waals surface area contributed by atoms with E-state index < -0.39 is 44.6 Å². The van der Waals surface area contributed by atoms with Crippen LogP contribution >= 0.6 is 23.4 Å². The molecule has 1 fully saturated rings. The van der Waals surface area contributed by atoms with Crippen molar-refractivity contribution in [2.75, 3.05) is 5.75 Å². The number of carbonyl (C=O) groups is 3. The molecule has 3 atom stereocenters. The van der Waals surface area contributed by atoms with Crippen molar-refractivity contribution < 1.29 is 32.5 Å². The molecule has 3 N–H and O–H groups in total. The van der Waals surface area contributed by atoms with Crippen LogP contribution in [0.3, 0.4) is 0 Å². The van der Waals surface area contributed by atoms with Gasteiger partial charge < -0.3 is 10.4 Å². The lowest BCUT2D eigenvalue weighted by Crippen LogP contribution is -2.70. The molecule has 2 aliphatic heterocycles. The summed E-state index contributed by atoms with van der Waals surface area (Å²) >= 11 is 7.00. The first-order valence-electron chi connectivity index (χ1n) is 7.51. The molecule has 1 aromatic rings. The molecule has 3 rings (SSSR count). The summed E-state index contributed by atoms with van der Waals surface area (Å²) in [6.45, 7) is 0. The third kappa shape index (κ3) is 3.55. The summed E-state index contributed by atoms with van der Waals surface area (Å²) in [4.78, 5) is 37.1. The SMILES string of the molecule is O=C(O)C1=C(Cl)CS[C@@H]2C(NC(=O)C(c3ccccc3)S(=O)(=O)O)C(=O)N12. The van der Waals surface area contributed by atoms with Crippen LogP contribution in [0.4, 0.5) is 0 Å². The number of benzene rings is 1. The van der Waals surface area contributed by atoms with Crippen LogP contribution in [0.15, 0.2) is 41.1 Å². The summed E-state index contributed by atoms with van der Waals surface area (Å²) in [5.41, 5.74) is -0.322. The lowest BCUT2D eigenvalue weighted by molar-refractivity contribution is -0.150. The van der Waals surface area contributed by atoms with Crippen LogP contribution in [0.5, 0.6) is 0 Å². The van der Waals surface area contributed by atoms with Crippen LogP contribution in [0.2, 0.25) is 0 Å². The molecule has 1 aromatic carbocycles. The highest BCUT2D eigenvalue weighted by molar-refractivity contribution is 8.00. The summed E-state index contributed by atoms with van der Waals surface area (Å²) in [6.07, 6.45) is 0. The molecule has 1 saturated heterocycles. The van der Waals surface area contributed by atoms with Gasteiger partial charge >= 0.3 is 5.97 Å². The largest absolute Gasteiger partial charge is 0.477 e. The predicted molar refractivity (Wildman–Crippen MR) is 96.3 cm³/mol. The number of fused-ring (bicyclic) bond motifs is 1. The van der Waals surface area contributed by atoms with Gasteiger partial charge in [0.2, 0.25) is 5.91 Å². The molecule has 2 aliphatic rings. The van der Waals surface area contributed by atoms with Gasteiger partial charge in [-0.05, 0) is 5.56 Å². The summed E-state index contributed by atoms with van der Waals surface area (Å²) in [7, 11) is -4.80. The Kier molecular flexibility index (Phi) is 5.21. The first kappa shape index (κ1) is 19.7. The summed E-state index contributed by atoms with van der Waals surface area (Å²) in [5.74, 6) is -3.05. The first-order valence-corrected chi connectivity index (χ1v) is 10.4. The van der Waals surface area contributed by atoms with Crippen LogP contribution < -0.4 is 5.32 Å². The molecule has 0 bridgehead atoms. The molecule has 2 unspecified atom stereocenters. The van der Waals surface area contributed by atoms with Crippen LogP contribution in [0, 0.1) is 0 Å². The van der Waals surface area contributed by atoms with E-state index in [0.717, 1.165) is 16.7 Å². The lowest BCUT2D eigenvalue weighted by Gasteiger charge is -2.48. The van der Waals surface area contributed by atoms with Crippen molar-refractivity contribution in [1.82, 2.24) is 10.2 Å². The maximum atomic E-state index is 12.5. The number of carbonyl (C=O) groups excluding carboxylic acids is 2. The van der Waals surface area contributed by atoms with Crippen LogP contribution in [-0.4, -0.2) is 57.9 Å². The number of carboxylic acids is 1. The monoisotopic (exact) mass is 432 g/mol. The van der Waals surface area contributed by atoms with Gasteiger partial charge in [0.25, 0.3) is 16.0 Å². The molecule has 0 radical (unpaired) electrons. The number of rotatable bonds is 5. The van der Waals surface area contributed by atoms with E-state index in [1.54, 1.807) is 6.07 Å². The minimum Gasteiger partial charge on any atom is -0.477 e. The maximum Gasteiger partial charge on any atom is 0.353 e. The van der Waals surface area contributed by atoms with Crippen LogP contribution in [-0.2, 0) is 24.5 Å². The molecule has 27 heavy (non-hydrogen) atoms. The van der Waals surface area contributed by atoms with Gasteiger partial charge in [-0.3, -0.25) is 19.0 Å². The normalized spacial score (nSPS) is 23.3. The minimum absolute atomic E-state index is 0.00183. The van der Waals surface area contributed by atoms with Crippen molar-refractivity contribution >= 4 is 51.3 Å². The second-order valence-electron chi connectivity index (χ2n) is 5.76. The van der Waals surface area contributed by atoms with E-state index in [1.807, 2.05) is 0 Å². The second kappa shape index (κ2) is 7.15. The van der Waals surface area contributed by atoms with Crippen molar-refractivity contribution in [3.8, 4) is 0 Å². The minimum atomic E-state index is -4.80. The third-order valence-electron chi connectivity index (χ3n) is 4.06. The zero-order valence-corrected chi connectivity index (χ0v) is 15.8. The van der Waals surface area contributed by atoms with E-state index in [-0.39, 0.29) is 22.0 Å². The number of nitrogens with one attached hydrogen (secondary N) is 1. The fourth-order valence-corrected chi connectivity index (χ4v) is 5.29. The van der Waals surface area contributed by atoms with Gasteiger partial charge in [-0.2, -0.15) is 8.42 Å². The van der Waals surface area contributed by atoms with Crippen molar-refractivity contribution in [2.24, 2.45) is 0 Å². The number of hydrogen-bond acceptors (Lipinski definition) is 6. The van der Waals surface area contributed by atoms with Gasteiger partial charge in [-0.25, -0.2) is 4.79 Å². The van der Waals surface area contributed by atoms with Gasteiger partial charge in [-0.15, -0.1) is 11.8 Å². The fourth-order valence-electron chi connectivity index (χ4n) is 2.90. The van der Waals surface area contributed by atoms with E-state index in [0.29, 0.717) is 0 Å². The summed E-state index contributed by atoms with van der Waals surface area (Å²) in [5, 5.41) is 8.87. The number of hydrogen-bond donors (Lipinski definition) is 3. The quantitative estimate of drug-likeness (QED) is 0.452. The molecule has 0 spiro atoms. The zero-order valence-electron chi connectivity index (χ0n) is 13.4. The molecule has 144 valence electrons. The second-order valence-corrected chi connectivity index (χ2v) is 8.82. The number of aliphatic carboxylic acids is 1. The Morgan fingerprint density at radius 2 is 1.93 bits per heavy atom. The van der Waals surface area contributed by atoms with Crippen molar-refractivity contribution in [2.45, 2.75) is 16.7 Å². The molecule has 2 amide bonds. The summed E-state index contributed by atoms with van der Waals surface area (Å²) in [6, 6.07) is 6.19. The van der Waals surface area contributed by atoms with E-state index >= 15 is 0 Å². The molecule has 0 saturated carbocycles. The number of amides is 2. The van der Waals surface area contributed by atoms with E-state index in [1.165, 1.54) is 24.3 Å². The summed E-state index contributed by atoms with van der Waals surface area (Å²) < 4.78 is 32.9. The van der Waals surface area contributed by atoms with Gasteiger partial charge in [0, 0.05) is 5.75 Å². The van der Waals surface area contributed by atoms with Gasteiger partial charge in [0.15, 0.2) is 5.25 Å². The number of thioether (sulfide) groups is 1. The Morgan fingerprint density at radius 1 is 1.30 bits per heavy atom. The van der Waals surface area contributed by atoms with Crippen molar-refractivity contribution in [1.29, 1.82) is 0 Å². The Morgan fingerprint density at radius 3 is 2.48 bits per heavy atom. The number of carboxylic acid groups (broad SMARTS) is 1. The molecule has 12 heteroatoms. The molecular formula is C15H13ClN2O7S2. The van der Waals surface area contributed by atoms with Gasteiger partial charge in [-0.1, -0.05) is 41.9 Å². The van der Waals surface area contributed by atoms with Gasteiger partial charge in [0.1, 0.15) is 17.1 Å². The predicted octanol–water partition coefficient (Wildman–Crippen LogP) is 0.550. The highest BCUT2D eigenvalue weighted by Gasteiger charge is 2.55. The third-order valence-corrected chi connectivity index (χ3v) is 6.89. The maximum absolute atomic E-state index is 12.5. The highest BCUT2D eigenvalue weighted by Crippen LogP contribution is 2.41. The molecular weight excluding hydrogens is 420 g/mol. The van der Waals surface area contributed by atoms with Crippen LogP contribution in [0.1, 0.15) is 10.8 Å². The molecule has 2 heterocycles. The van der Waals surface area contributed by atoms with Crippen molar-refractivity contribution in [3.63, 3.8) is 0 Å². The Labute approximate surface area is 163 Å². The average Bonchev–Trinajstić information content (AvgIpc) is 2.59. The van der Waals surface area contributed by atoms with Crippen LogP contribution in [0.25, 0.3) is 0 Å². The average molecular weight is 433 g/mol. The lowest BCUT2D eigenvalue weighted by atomic mass is 10.0. The molecule has 9 nitrogen and oxygen atoms in total. The smallest absolute Gasteiger partial charge is 0.353 e. The number of nitrogens with zero attached hydrogens (tertiary/aromatic N) is 1. The van der Waals surface area contributed by atoms with E-state index in [4.69, 9.17) is 11.6 Å². The zero-order chi connectivity index (χ0) is 19.9. The topological polar surface area (TPSA) is 141 Å². The number of β-lactam (4-membered cyclic amide) rings is 1. The number of halogens is 1. The highest BCUT2D eigenvalue weighted by atomic mass is 35.5. The standard InChI is InChI=1S/C15H13ClN2O7S2/c16-8-6-26-14-9(13(20)18(14)10(8)15(21)22)17-12(19)11(27(23,24)25)7-4-2-1-3-5-7/h1-5,9,11,14H,6H2,(H,17,19)(H,21,22)(H,23,24,25)/t9?,11?,14-/m1/s1. The van der Waals surface area contributed by atoms with E-state index in [9.17, 15) is 32.5 Å². The first-order chi connectivity index (χ1) is 12.6. The molecule has 0 aromatic heterocycles. The Bertz CT molecular complexity index is 948. The van der Waals surface area contributed by atoms with Crippen molar-refractivity contribution in [3.05, 3.63) is 46.6 Å². The Hall–Kier alpha value is -2.08.